The smallest absolute Gasteiger partial charge is 0.331 e. The van der Waals surface area contributed by atoms with Crippen LogP contribution in [0.15, 0.2) is 12.4 Å². The van der Waals surface area contributed by atoms with Crippen LogP contribution in [0.2, 0.25) is 0 Å². The number of carboxylic acid groups (broad SMARTS) is 1. The Labute approximate surface area is 135 Å². The van der Waals surface area contributed by atoms with Crippen molar-refractivity contribution >= 4 is 11.9 Å². The van der Waals surface area contributed by atoms with Gasteiger partial charge in [-0.3, -0.25) is 9.48 Å². The monoisotopic (exact) mass is 317 g/mol. The summed E-state index contributed by atoms with van der Waals surface area (Å²) in [7, 11) is 0. The third kappa shape index (κ3) is 2.11. The molecule has 1 spiro atoms. The normalized spacial score (nSPS) is 27.5. The lowest BCUT2D eigenvalue weighted by atomic mass is 9.79. The van der Waals surface area contributed by atoms with Crippen molar-refractivity contribution in [1.29, 1.82) is 0 Å². The van der Waals surface area contributed by atoms with E-state index in [4.69, 9.17) is 0 Å². The van der Waals surface area contributed by atoms with Gasteiger partial charge in [-0.25, -0.2) is 4.79 Å². The average Bonchev–Trinajstić information content (AvgIpc) is 3.14. The molecule has 3 aliphatic rings. The van der Waals surface area contributed by atoms with Crippen molar-refractivity contribution < 1.29 is 14.7 Å². The first-order chi connectivity index (χ1) is 11.0. The van der Waals surface area contributed by atoms with Crippen LogP contribution in [0.3, 0.4) is 0 Å². The number of aryl methyl sites for hydroxylation is 1. The number of likely N-dealkylation sites (tertiary alicyclic amines) is 1. The Bertz CT molecular complexity index is 654. The summed E-state index contributed by atoms with van der Waals surface area (Å²) in [6.45, 7) is 2.93. The summed E-state index contributed by atoms with van der Waals surface area (Å²) in [5.41, 5.74) is 0.273. The van der Waals surface area contributed by atoms with Crippen LogP contribution in [-0.4, -0.2) is 44.8 Å². The standard InChI is InChI=1S/C17H23N3O3/c1-12-10-18-20(11-12)17(15(22)23)5-7-19(8-6-17)14(21)13-9-16(13)3-2-4-16/h10-11,13H,2-9H2,1H3,(H,22,23). The van der Waals surface area contributed by atoms with Gasteiger partial charge in [0.15, 0.2) is 5.54 Å². The van der Waals surface area contributed by atoms with Crippen LogP contribution in [-0.2, 0) is 15.1 Å². The average molecular weight is 317 g/mol. The van der Waals surface area contributed by atoms with E-state index in [1.807, 2.05) is 11.8 Å². The molecule has 124 valence electrons. The molecule has 1 saturated heterocycles. The first kappa shape index (κ1) is 14.7. The van der Waals surface area contributed by atoms with Crippen LogP contribution in [0, 0.1) is 18.3 Å². The van der Waals surface area contributed by atoms with E-state index in [1.54, 1.807) is 17.1 Å². The molecule has 1 amide bonds. The number of hydrogen-bond donors (Lipinski definition) is 1. The zero-order valence-corrected chi connectivity index (χ0v) is 13.5. The molecule has 2 heterocycles. The third-order valence-electron chi connectivity index (χ3n) is 6.29. The van der Waals surface area contributed by atoms with Crippen molar-refractivity contribution in [3.63, 3.8) is 0 Å². The molecule has 0 bridgehead atoms. The van der Waals surface area contributed by atoms with E-state index in [9.17, 15) is 14.7 Å². The summed E-state index contributed by atoms with van der Waals surface area (Å²) >= 11 is 0. The topological polar surface area (TPSA) is 75.4 Å². The number of aromatic nitrogens is 2. The molecule has 1 aromatic rings. The maximum atomic E-state index is 12.6. The van der Waals surface area contributed by atoms with Crippen molar-refractivity contribution in [3.05, 3.63) is 18.0 Å². The lowest BCUT2D eigenvalue weighted by molar-refractivity contribution is -0.154. The van der Waals surface area contributed by atoms with Gasteiger partial charge in [0.05, 0.1) is 6.20 Å². The number of rotatable bonds is 3. The first-order valence-electron chi connectivity index (χ1n) is 8.51. The molecule has 23 heavy (non-hydrogen) atoms. The second kappa shape index (κ2) is 4.82. The molecule has 1 aliphatic heterocycles. The molecule has 0 aromatic carbocycles. The number of hydrogen-bond acceptors (Lipinski definition) is 3. The van der Waals surface area contributed by atoms with Gasteiger partial charge < -0.3 is 10.0 Å². The Morgan fingerprint density at radius 3 is 2.39 bits per heavy atom. The highest BCUT2D eigenvalue weighted by Crippen LogP contribution is 2.66. The Balaban J connectivity index is 1.46. The van der Waals surface area contributed by atoms with Gasteiger partial charge in [0.1, 0.15) is 0 Å². The SMILES string of the molecule is Cc1cnn(C2(C(=O)O)CCN(C(=O)C3CC34CCC4)CC2)c1. The molecule has 6 heteroatoms. The molecule has 1 aromatic heterocycles. The molecule has 6 nitrogen and oxygen atoms in total. The van der Waals surface area contributed by atoms with Crippen LogP contribution in [0.25, 0.3) is 0 Å². The minimum absolute atomic E-state index is 0.209. The van der Waals surface area contributed by atoms with Gasteiger partial charge in [-0.05, 0) is 37.2 Å². The van der Waals surface area contributed by atoms with Crippen LogP contribution in [0.4, 0.5) is 0 Å². The Morgan fingerprint density at radius 1 is 1.26 bits per heavy atom. The zero-order chi connectivity index (χ0) is 16.2. The second-order valence-corrected chi connectivity index (χ2v) is 7.60. The van der Waals surface area contributed by atoms with Crippen LogP contribution >= 0.6 is 0 Å². The fraction of sp³-hybridized carbons (Fsp3) is 0.706. The summed E-state index contributed by atoms with van der Waals surface area (Å²) in [5, 5.41) is 14.0. The summed E-state index contributed by atoms with van der Waals surface area (Å²) < 4.78 is 1.58. The minimum Gasteiger partial charge on any atom is -0.479 e. The Hall–Kier alpha value is -1.85. The van der Waals surface area contributed by atoms with Crippen molar-refractivity contribution in [1.82, 2.24) is 14.7 Å². The molecule has 1 atom stereocenters. The van der Waals surface area contributed by atoms with Crippen molar-refractivity contribution in [3.8, 4) is 0 Å². The molecule has 2 aliphatic carbocycles. The Morgan fingerprint density at radius 2 is 1.96 bits per heavy atom. The van der Waals surface area contributed by atoms with Crippen molar-refractivity contribution in [2.24, 2.45) is 11.3 Å². The first-order valence-corrected chi connectivity index (χ1v) is 8.51. The number of carbonyl (C=O) groups excluding carboxylic acids is 1. The van der Waals surface area contributed by atoms with Gasteiger partial charge in [0.25, 0.3) is 0 Å². The third-order valence-corrected chi connectivity index (χ3v) is 6.29. The zero-order valence-electron chi connectivity index (χ0n) is 13.5. The fourth-order valence-corrected chi connectivity index (χ4v) is 4.39. The van der Waals surface area contributed by atoms with E-state index in [-0.39, 0.29) is 11.8 Å². The van der Waals surface area contributed by atoms with E-state index in [1.165, 1.54) is 19.3 Å². The molecule has 2 saturated carbocycles. The molecule has 4 rings (SSSR count). The number of piperidine rings is 1. The highest BCUT2D eigenvalue weighted by molar-refractivity contribution is 5.84. The predicted octanol–water partition coefficient (Wildman–Crippen LogP) is 1.78. The number of carbonyl (C=O) groups is 2. The van der Waals surface area contributed by atoms with Crippen LogP contribution < -0.4 is 0 Å². The van der Waals surface area contributed by atoms with Gasteiger partial charge >= 0.3 is 5.97 Å². The Kier molecular flexibility index (Phi) is 3.09. The van der Waals surface area contributed by atoms with Gasteiger partial charge in [0.2, 0.25) is 5.91 Å². The van der Waals surface area contributed by atoms with E-state index in [2.05, 4.69) is 5.10 Å². The summed E-state index contributed by atoms with van der Waals surface area (Å²) in [6, 6.07) is 0. The van der Waals surface area contributed by atoms with Gasteiger partial charge in [-0.2, -0.15) is 5.10 Å². The number of aliphatic carboxylic acids is 1. The molecular weight excluding hydrogens is 294 g/mol. The molecule has 3 fully saturated rings. The van der Waals surface area contributed by atoms with Crippen LogP contribution in [0.5, 0.6) is 0 Å². The predicted molar refractivity (Wildman–Crippen MR) is 82.8 cm³/mol. The lowest BCUT2D eigenvalue weighted by Gasteiger charge is -2.39. The van der Waals surface area contributed by atoms with Gasteiger partial charge in [0, 0.05) is 38.0 Å². The minimum atomic E-state index is -1.01. The van der Waals surface area contributed by atoms with E-state index in [0.717, 1.165) is 12.0 Å². The van der Waals surface area contributed by atoms with Crippen LogP contribution in [0.1, 0.15) is 44.1 Å². The quantitative estimate of drug-likeness (QED) is 0.922. The highest BCUT2D eigenvalue weighted by Gasteiger charge is 2.62. The number of amides is 1. The summed E-state index contributed by atoms with van der Waals surface area (Å²) in [6.07, 6.45) is 9.02. The second-order valence-electron chi connectivity index (χ2n) is 7.60. The molecule has 1 N–H and O–H groups in total. The van der Waals surface area contributed by atoms with Crippen molar-refractivity contribution in [2.75, 3.05) is 13.1 Å². The maximum Gasteiger partial charge on any atom is 0.331 e. The molecule has 1 unspecified atom stereocenters. The maximum absolute atomic E-state index is 12.6. The van der Waals surface area contributed by atoms with E-state index in [0.29, 0.717) is 31.3 Å². The van der Waals surface area contributed by atoms with E-state index < -0.39 is 11.5 Å². The number of nitrogens with zero attached hydrogens (tertiary/aromatic N) is 3. The van der Waals surface area contributed by atoms with Crippen molar-refractivity contribution in [2.45, 2.75) is 51.0 Å². The number of carboxylic acids is 1. The summed E-state index contributed by atoms with van der Waals surface area (Å²) in [4.78, 5) is 26.4. The van der Waals surface area contributed by atoms with Gasteiger partial charge in [-0.1, -0.05) is 6.42 Å². The van der Waals surface area contributed by atoms with Gasteiger partial charge in [-0.15, -0.1) is 0 Å². The summed E-state index contributed by atoms with van der Waals surface area (Å²) in [5.74, 6) is -0.393. The highest BCUT2D eigenvalue weighted by atomic mass is 16.4. The fourth-order valence-electron chi connectivity index (χ4n) is 4.39. The molecule has 0 radical (unpaired) electrons. The molecular formula is C17H23N3O3. The lowest BCUT2D eigenvalue weighted by Crippen LogP contribution is -2.53. The largest absolute Gasteiger partial charge is 0.479 e. The van der Waals surface area contributed by atoms with E-state index >= 15 is 0 Å².